The van der Waals surface area contributed by atoms with E-state index < -0.39 is 0 Å². The fraction of sp³-hybridized carbons (Fsp3) is 0.375. The summed E-state index contributed by atoms with van der Waals surface area (Å²) < 4.78 is 7.46. The van der Waals surface area contributed by atoms with E-state index in [0.29, 0.717) is 29.6 Å². The fourth-order valence-corrected chi connectivity index (χ4v) is 2.86. The third kappa shape index (κ3) is 3.59. The van der Waals surface area contributed by atoms with E-state index in [1.165, 1.54) is 4.68 Å². The topological polar surface area (TPSA) is 73.4 Å². The van der Waals surface area contributed by atoms with Gasteiger partial charge in [-0.3, -0.25) is 9.48 Å². The number of ether oxygens (including phenoxy) is 1. The molecule has 2 heterocycles. The molecule has 122 valence electrons. The van der Waals surface area contributed by atoms with Crippen LogP contribution in [0, 0.1) is 0 Å². The number of likely N-dealkylation sites (tertiary alicyclic amines) is 1. The number of nitrogens with zero attached hydrogens (tertiary/aromatic N) is 3. The number of nitrogen functional groups attached to an aromatic ring is 1. The van der Waals surface area contributed by atoms with Gasteiger partial charge in [0.1, 0.15) is 23.4 Å². The highest BCUT2D eigenvalue weighted by Gasteiger charge is 2.26. The van der Waals surface area contributed by atoms with Gasteiger partial charge in [0.25, 0.3) is 5.91 Å². The van der Waals surface area contributed by atoms with E-state index in [0.717, 1.165) is 18.6 Å². The van der Waals surface area contributed by atoms with Crippen molar-refractivity contribution in [2.75, 3.05) is 18.8 Å². The summed E-state index contributed by atoms with van der Waals surface area (Å²) in [4.78, 5) is 14.3. The van der Waals surface area contributed by atoms with Crippen LogP contribution in [-0.4, -0.2) is 39.8 Å². The largest absolute Gasteiger partial charge is 0.490 e. The molecule has 0 bridgehead atoms. The second-order valence-corrected chi connectivity index (χ2v) is 6.08. The molecule has 0 radical (unpaired) electrons. The maximum Gasteiger partial charge on any atom is 0.272 e. The van der Waals surface area contributed by atoms with Crippen molar-refractivity contribution in [3.8, 4) is 5.75 Å². The number of carbonyl (C=O) groups is 1. The summed E-state index contributed by atoms with van der Waals surface area (Å²) in [6, 6.07) is 8.94. The van der Waals surface area contributed by atoms with E-state index in [9.17, 15) is 4.79 Å². The zero-order chi connectivity index (χ0) is 16.4. The van der Waals surface area contributed by atoms with Gasteiger partial charge in [0.15, 0.2) is 0 Å². The van der Waals surface area contributed by atoms with Gasteiger partial charge in [-0.2, -0.15) is 5.10 Å². The molecule has 1 aromatic heterocycles. The minimum atomic E-state index is -0.0401. The minimum Gasteiger partial charge on any atom is -0.490 e. The highest BCUT2D eigenvalue weighted by atomic mass is 35.5. The molecule has 0 spiro atoms. The molecule has 0 atom stereocenters. The van der Waals surface area contributed by atoms with Gasteiger partial charge in [-0.1, -0.05) is 11.6 Å². The molecular weight excluding hydrogens is 316 g/mol. The average Bonchev–Trinajstić information content (AvgIpc) is 2.88. The Bertz CT molecular complexity index is 691. The van der Waals surface area contributed by atoms with Gasteiger partial charge in [-0.15, -0.1) is 0 Å². The summed E-state index contributed by atoms with van der Waals surface area (Å²) >= 11 is 5.87. The lowest BCUT2D eigenvalue weighted by molar-refractivity contribution is 0.0585. The molecule has 1 fully saturated rings. The Morgan fingerprint density at radius 1 is 1.30 bits per heavy atom. The van der Waals surface area contributed by atoms with Gasteiger partial charge in [-0.25, -0.2) is 0 Å². The van der Waals surface area contributed by atoms with Crippen molar-refractivity contribution in [2.45, 2.75) is 18.9 Å². The first-order valence-electron chi connectivity index (χ1n) is 7.54. The van der Waals surface area contributed by atoms with Gasteiger partial charge in [0, 0.05) is 44.1 Å². The van der Waals surface area contributed by atoms with Crippen molar-refractivity contribution in [3.05, 3.63) is 41.0 Å². The molecule has 0 unspecified atom stereocenters. The number of nitrogens with two attached hydrogens (primary N) is 1. The van der Waals surface area contributed by atoms with Gasteiger partial charge in [0.05, 0.1) is 0 Å². The number of piperidine rings is 1. The molecule has 0 saturated carbocycles. The number of hydrogen-bond donors (Lipinski definition) is 1. The molecule has 1 aromatic carbocycles. The summed E-state index contributed by atoms with van der Waals surface area (Å²) in [7, 11) is 1.72. The molecule has 7 heteroatoms. The second kappa shape index (κ2) is 6.50. The quantitative estimate of drug-likeness (QED) is 0.935. The molecule has 1 amide bonds. The molecule has 6 nitrogen and oxygen atoms in total. The Morgan fingerprint density at radius 2 is 1.96 bits per heavy atom. The maximum atomic E-state index is 12.5. The Labute approximate surface area is 139 Å². The molecule has 1 aliphatic rings. The molecule has 2 aromatic rings. The van der Waals surface area contributed by atoms with Crippen molar-refractivity contribution in [1.29, 1.82) is 0 Å². The Morgan fingerprint density at radius 3 is 2.52 bits per heavy atom. The van der Waals surface area contributed by atoms with E-state index in [2.05, 4.69) is 5.10 Å². The Hall–Kier alpha value is -2.21. The Kier molecular flexibility index (Phi) is 4.43. The van der Waals surface area contributed by atoms with Crippen LogP contribution in [0.15, 0.2) is 30.3 Å². The summed E-state index contributed by atoms with van der Waals surface area (Å²) in [5.41, 5.74) is 6.15. The van der Waals surface area contributed by atoms with E-state index in [1.54, 1.807) is 13.1 Å². The first-order valence-corrected chi connectivity index (χ1v) is 7.92. The number of aromatic nitrogens is 2. The predicted molar refractivity (Wildman–Crippen MR) is 88.6 cm³/mol. The smallest absolute Gasteiger partial charge is 0.272 e. The Balaban J connectivity index is 1.57. The number of halogens is 1. The predicted octanol–water partition coefficient (Wildman–Crippen LogP) is 2.34. The number of anilines is 1. The number of amides is 1. The van der Waals surface area contributed by atoms with Crippen LogP contribution in [0.3, 0.4) is 0 Å². The lowest BCUT2D eigenvalue weighted by Crippen LogP contribution is -2.42. The minimum absolute atomic E-state index is 0.0401. The molecule has 1 saturated heterocycles. The zero-order valence-corrected chi connectivity index (χ0v) is 13.7. The van der Waals surface area contributed by atoms with Gasteiger partial charge in [-0.05, 0) is 24.3 Å². The zero-order valence-electron chi connectivity index (χ0n) is 12.9. The van der Waals surface area contributed by atoms with Gasteiger partial charge in [0.2, 0.25) is 0 Å². The second-order valence-electron chi connectivity index (χ2n) is 5.64. The molecule has 2 N–H and O–H groups in total. The van der Waals surface area contributed by atoms with Crippen molar-refractivity contribution in [2.24, 2.45) is 7.05 Å². The summed E-state index contributed by atoms with van der Waals surface area (Å²) in [6.45, 7) is 1.31. The molecule has 23 heavy (non-hydrogen) atoms. The first-order chi connectivity index (χ1) is 11.0. The normalized spacial score (nSPS) is 15.7. The van der Waals surface area contributed by atoms with Crippen molar-refractivity contribution in [1.82, 2.24) is 14.7 Å². The van der Waals surface area contributed by atoms with Crippen molar-refractivity contribution >= 4 is 23.3 Å². The summed E-state index contributed by atoms with van der Waals surface area (Å²) in [6.07, 6.45) is 1.69. The number of aryl methyl sites for hydroxylation is 1. The number of hydrogen-bond acceptors (Lipinski definition) is 4. The molecule has 3 rings (SSSR count). The highest BCUT2D eigenvalue weighted by Crippen LogP contribution is 2.22. The number of benzene rings is 1. The van der Waals surface area contributed by atoms with Crippen LogP contribution in [0.2, 0.25) is 5.02 Å². The van der Waals surface area contributed by atoms with Crippen LogP contribution in [0.4, 0.5) is 5.82 Å². The molecule has 1 aliphatic heterocycles. The maximum absolute atomic E-state index is 12.5. The SMILES string of the molecule is Cn1nc(N)cc1C(=O)N1CCC(Oc2ccc(Cl)cc2)CC1. The van der Waals surface area contributed by atoms with E-state index >= 15 is 0 Å². The third-order valence-electron chi connectivity index (χ3n) is 3.96. The highest BCUT2D eigenvalue weighted by molar-refractivity contribution is 6.30. The van der Waals surface area contributed by atoms with E-state index in [-0.39, 0.29) is 12.0 Å². The van der Waals surface area contributed by atoms with Gasteiger partial charge >= 0.3 is 0 Å². The van der Waals surface area contributed by atoms with E-state index in [4.69, 9.17) is 22.1 Å². The summed E-state index contributed by atoms with van der Waals surface area (Å²) in [5.74, 6) is 1.12. The van der Waals surface area contributed by atoms with E-state index in [1.807, 2.05) is 29.2 Å². The van der Waals surface area contributed by atoms with Crippen LogP contribution in [-0.2, 0) is 7.05 Å². The van der Waals surface area contributed by atoms with Crippen molar-refractivity contribution < 1.29 is 9.53 Å². The molecule has 0 aliphatic carbocycles. The lowest BCUT2D eigenvalue weighted by Gasteiger charge is -2.32. The molecular formula is C16H19ClN4O2. The third-order valence-corrected chi connectivity index (χ3v) is 4.22. The number of carbonyl (C=O) groups excluding carboxylic acids is 1. The van der Waals surface area contributed by atoms with Crippen LogP contribution in [0.5, 0.6) is 5.75 Å². The van der Waals surface area contributed by atoms with Gasteiger partial charge < -0.3 is 15.4 Å². The first kappa shape index (κ1) is 15.7. The number of rotatable bonds is 3. The average molecular weight is 335 g/mol. The summed E-state index contributed by atoms with van der Waals surface area (Å²) in [5, 5.41) is 4.70. The van der Waals surface area contributed by atoms with Crippen LogP contribution in [0.1, 0.15) is 23.3 Å². The van der Waals surface area contributed by atoms with Crippen molar-refractivity contribution in [3.63, 3.8) is 0 Å². The van der Waals surface area contributed by atoms with Crippen LogP contribution in [0.25, 0.3) is 0 Å². The standard InChI is InChI=1S/C16H19ClN4O2/c1-20-14(10-15(18)19-20)16(22)21-8-6-13(7-9-21)23-12-4-2-11(17)3-5-12/h2-5,10,13H,6-9H2,1H3,(H2,18,19). The lowest BCUT2D eigenvalue weighted by atomic mass is 10.1. The monoisotopic (exact) mass is 334 g/mol. The van der Waals surface area contributed by atoms with Crippen LogP contribution < -0.4 is 10.5 Å². The van der Waals surface area contributed by atoms with Crippen LogP contribution >= 0.6 is 11.6 Å². The fourth-order valence-electron chi connectivity index (χ4n) is 2.73.